The predicted molar refractivity (Wildman–Crippen MR) is 116 cm³/mol. The van der Waals surface area contributed by atoms with Gasteiger partial charge in [0.1, 0.15) is 11.6 Å². The zero-order valence-corrected chi connectivity index (χ0v) is 17.4. The van der Waals surface area contributed by atoms with Crippen molar-refractivity contribution < 1.29 is 18.7 Å². The number of likely N-dealkylation sites (tertiary alicyclic amines) is 1. The number of hydrogen-bond donors (Lipinski definition) is 2. The Kier molecular flexibility index (Phi) is 5.21. The van der Waals surface area contributed by atoms with Gasteiger partial charge in [-0.05, 0) is 43.2 Å². The molecule has 11 heteroatoms. The molecule has 0 atom stereocenters. The van der Waals surface area contributed by atoms with Crippen LogP contribution in [0.5, 0.6) is 0 Å². The number of carboxylic acid groups (broad SMARTS) is 1. The van der Waals surface area contributed by atoms with Gasteiger partial charge in [-0.2, -0.15) is 5.10 Å². The van der Waals surface area contributed by atoms with Gasteiger partial charge < -0.3 is 20.2 Å². The van der Waals surface area contributed by atoms with Crippen LogP contribution >= 0.6 is 0 Å². The van der Waals surface area contributed by atoms with E-state index in [1.807, 2.05) is 10.9 Å². The molecule has 1 aromatic carbocycles. The van der Waals surface area contributed by atoms with Crippen molar-refractivity contribution in [3.8, 4) is 34.0 Å². The molecule has 1 aliphatic heterocycles. The first kappa shape index (κ1) is 20.6. The molecule has 0 unspecified atom stereocenters. The number of anilines is 1. The number of piperidine rings is 1. The first-order chi connectivity index (χ1) is 16.0. The summed E-state index contributed by atoms with van der Waals surface area (Å²) in [5, 5.41) is 21.7. The lowest BCUT2D eigenvalue weighted by Crippen LogP contribution is -2.38. The van der Waals surface area contributed by atoms with E-state index in [0.29, 0.717) is 37.1 Å². The van der Waals surface area contributed by atoms with E-state index in [2.05, 4.69) is 20.3 Å². The molecule has 0 aliphatic carbocycles. The molecule has 4 aromatic rings. The van der Waals surface area contributed by atoms with E-state index < -0.39 is 6.09 Å². The molecule has 1 amide bonds. The minimum atomic E-state index is -0.890. The van der Waals surface area contributed by atoms with Crippen LogP contribution in [0.2, 0.25) is 0 Å². The molecule has 4 heterocycles. The summed E-state index contributed by atoms with van der Waals surface area (Å²) in [6, 6.07) is 7.68. The predicted octanol–water partition coefficient (Wildman–Crippen LogP) is 3.70. The Morgan fingerprint density at radius 2 is 1.79 bits per heavy atom. The molecule has 33 heavy (non-hydrogen) atoms. The molecule has 1 fully saturated rings. The standard InChI is InChI=1S/C22H20FN7O3/c23-16-3-1-13(2-4-16)20-27-28-21(33-20)18-9-14(10-25-19(18)24)15-11-26-30(12-15)17-5-7-29(8-6-17)22(31)32/h1-4,9-12,17H,5-8H2,(H2,24,25)(H,31,32). The number of pyridine rings is 1. The molecule has 3 N–H and O–H groups in total. The van der Waals surface area contributed by atoms with Crippen LogP contribution < -0.4 is 5.73 Å². The fourth-order valence-corrected chi connectivity index (χ4v) is 3.85. The van der Waals surface area contributed by atoms with E-state index in [1.54, 1.807) is 30.6 Å². The lowest BCUT2D eigenvalue weighted by molar-refractivity contribution is 0.124. The number of nitrogens with two attached hydrogens (primary N) is 1. The second kappa shape index (κ2) is 8.34. The highest BCUT2D eigenvalue weighted by Crippen LogP contribution is 2.31. The molecule has 0 spiro atoms. The Labute approximate surface area is 187 Å². The number of nitrogen functional groups attached to an aromatic ring is 1. The monoisotopic (exact) mass is 449 g/mol. The van der Waals surface area contributed by atoms with Crippen LogP contribution in [0.4, 0.5) is 15.0 Å². The van der Waals surface area contributed by atoms with Crippen molar-refractivity contribution >= 4 is 11.9 Å². The SMILES string of the molecule is Nc1ncc(-c2cnn(C3CCN(C(=O)O)CC3)c2)cc1-c1nnc(-c2ccc(F)cc2)o1. The van der Waals surface area contributed by atoms with Crippen LogP contribution in [0, 0.1) is 5.82 Å². The van der Waals surface area contributed by atoms with E-state index >= 15 is 0 Å². The summed E-state index contributed by atoms with van der Waals surface area (Å²) < 4.78 is 20.8. The minimum Gasteiger partial charge on any atom is -0.465 e. The molecule has 1 saturated heterocycles. The summed E-state index contributed by atoms with van der Waals surface area (Å²) in [6.07, 6.45) is 5.80. The first-order valence-electron chi connectivity index (χ1n) is 10.4. The van der Waals surface area contributed by atoms with Crippen molar-refractivity contribution in [3.05, 3.63) is 54.7 Å². The maximum Gasteiger partial charge on any atom is 0.407 e. The summed E-state index contributed by atoms with van der Waals surface area (Å²) >= 11 is 0. The van der Waals surface area contributed by atoms with Crippen molar-refractivity contribution in [2.75, 3.05) is 18.8 Å². The van der Waals surface area contributed by atoms with E-state index in [9.17, 15) is 9.18 Å². The number of hydrogen-bond acceptors (Lipinski definition) is 7. The third-order valence-electron chi connectivity index (χ3n) is 5.71. The fraction of sp³-hybridized carbons (Fsp3) is 0.227. The summed E-state index contributed by atoms with van der Waals surface area (Å²) in [6.45, 7) is 0.965. The molecule has 168 valence electrons. The van der Waals surface area contributed by atoms with Crippen molar-refractivity contribution in [1.29, 1.82) is 0 Å². The summed E-state index contributed by atoms with van der Waals surface area (Å²) in [4.78, 5) is 16.8. The van der Waals surface area contributed by atoms with Crippen LogP contribution in [0.1, 0.15) is 18.9 Å². The van der Waals surface area contributed by atoms with Crippen molar-refractivity contribution in [2.24, 2.45) is 0 Å². The number of halogens is 1. The molecular formula is C22H20FN7O3. The van der Waals surface area contributed by atoms with Crippen molar-refractivity contribution in [2.45, 2.75) is 18.9 Å². The van der Waals surface area contributed by atoms with Crippen molar-refractivity contribution in [3.63, 3.8) is 0 Å². The van der Waals surface area contributed by atoms with Crippen LogP contribution in [0.3, 0.4) is 0 Å². The highest BCUT2D eigenvalue weighted by atomic mass is 19.1. The van der Waals surface area contributed by atoms with Gasteiger partial charge in [-0.1, -0.05) is 0 Å². The van der Waals surface area contributed by atoms with Crippen LogP contribution in [0.15, 0.2) is 53.3 Å². The number of carbonyl (C=O) groups is 1. The van der Waals surface area contributed by atoms with E-state index in [0.717, 1.165) is 11.1 Å². The highest BCUT2D eigenvalue weighted by Gasteiger charge is 2.24. The summed E-state index contributed by atoms with van der Waals surface area (Å²) in [7, 11) is 0. The second-order valence-electron chi connectivity index (χ2n) is 7.79. The Morgan fingerprint density at radius 1 is 1.06 bits per heavy atom. The molecule has 5 rings (SSSR count). The van der Waals surface area contributed by atoms with E-state index in [-0.39, 0.29) is 29.5 Å². The van der Waals surface area contributed by atoms with E-state index in [4.69, 9.17) is 15.3 Å². The molecule has 10 nitrogen and oxygen atoms in total. The molecule has 3 aromatic heterocycles. The zero-order chi connectivity index (χ0) is 22.9. The number of aromatic nitrogens is 5. The minimum absolute atomic E-state index is 0.129. The number of benzene rings is 1. The second-order valence-corrected chi connectivity index (χ2v) is 7.79. The number of nitrogens with zero attached hydrogens (tertiary/aromatic N) is 6. The average Bonchev–Trinajstić information content (AvgIpc) is 3.51. The van der Waals surface area contributed by atoms with Crippen LogP contribution in [-0.2, 0) is 0 Å². The summed E-state index contributed by atoms with van der Waals surface area (Å²) in [5.41, 5.74) is 8.75. The maximum absolute atomic E-state index is 13.2. The molecular weight excluding hydrogens is 429 g/mol. The van der Waals surface area contributed by atoms with Gasteiger partial charge in [0.25, 0.3) is 5.89 Å². The van der Waals surface area contributed by atoms with Gasteiger partial charge in [0.05, 0.1) is 17.8 Å². The Hall–Kier alpha value is -4.28. The van der Waals surface area contributed by atoms with Crippen LogP contribution in [0.25, 0.3) is 34.0 Å². The van der Waals surface area contributed by atoms with E-state index in [1.165, 1.54) is 17.0 Å². The molecule has 0 bridgehead atoms. The third-order valence-corrected chi connectivity index (χ3v) is 5.71. The number of rotatable bonds is 4. The Balaban J connectivity index is 1.38. The molecule has 0 radical (unpaired) electrons. The van der Waals surface area contributed by atoms with Crippen molar-refractivity contribution in [1.82, 2.24) is 29.9 Å². The lowest BCUT2D eigenvalue weighted by atomic mass is 10.1. The van der Waals surface area contributed by atoms with Gasteiger partial charge in [0, 0.05) is 42.2 Å². The van der Waals surface area contributed by atoms with Gasteiger partial charge in [0.15, 0.2) is 0 Å². The third kappa shape index (κ3) is 4.12. The van der Waals surface area contributed by atoms with Crippen LogP contribution in [-0.4, -0.2) is 54.2 Å². The maximum atomic E-state index is 13.2. The van der Waals surface area contributed by atoms with Gasteiger partial charge in [0.2, 0.25) is 5.89 Å². The van der Waals surface area contributed by atoms with Gasteiger partial charge in [-0.25, -0.2) is 14.2 Å². The quantitative estimate of drug-likeness (QED) is 0.481. The average molecular weight is 449 g/mol. The Bertz CT molecular complexity index is 1290. The van der Waals surface area contributed by atoms with Gasteiger partial charge >= 0.3 is 6.09 Å². The molecule has 1 aliphatic rings. The van der Waals surface area contributed by atoms with Gasteiger partial charge in [-0.3, -0.25) is 4.68 Å². The highest BCUT2D eigenvalue weighted by molar-refractivity contribution is 5.75. The topological polar surface area (TPSA) is 136 Å². The smallest absolute Gasteiger partial charge is 0.407 e. The number of amides is 1. The van der Waals surface area contributed by atoms with Gasteiger partial charge in [-0.15, -0.1) is 10.2 Å². The normalized spacial score (nSPS) is 14.5. The zero-order valence-electron chi connectivity index (χ0n) is 17.4. The Morgan fingerprint density at radius 3 is 2.52 bits per heavy atom. The fourth-order valence-electron chi connectivity index (χ4n) is 3.85. The summed E-state index contributed by atoms with van der Waals surface area (Å²) in [5.74, 6) is 0.332. The largest absolute Gasteiger partial charge is 0.465 e. The lowest BCUT2D eigenvalue weighted by Gasteiger charge is -2.30. The molecule has 0 saturated carbocycles. The first-order valence-corrected chi connectivity index (χ1v) is 10.4.